The number of rotatable bonds is 7. The first-order valence-corrected chi connectivity index (χ1v) is 11.5. The Bertz CT molecular complexity index is 1300. The minimum absolute atomic E-state index is 0.0419. The Morgan fingerprint density at radius 1 is 1.19 bits per heavy atom. The van der Waals surface area contributed by atoms with Crippen LogP contribution in [0.25, 0.3) is 0 Å². The summed E-state index contributed by atoms with van der Waals surface area (Å²) in [6.45, 7) is 3.27. The van der Waals surface area contributed by atoms with Crippen LogP contribution < -0.4 is 10.0 Å². The number of nitriles is 1. The van der Waals surface area contributed by atoms with Crippen molar-refractivity contribution in [2.24, 2.45) is 0 Å². The van der Waals surface area contributed by atoms with E-state index in [-0.39, 0.29) is 27.7 Å². The number of halogens is 2. The molecule has 1 amide bonds. The smallest absolute Gasteiger partial charge is 0.263 e. The second-order valence-corrected chi connectivity index (χ2v) is 10.00. The quantitative estimate of drug-likeness (QED) is 0.536. The molecule has 11 heteroatoms. The third-order valence-electron chi connectivity index (χ3n) is 4.57. The van der Waals surface area contributed by atoms with Gasteiger partial charge in [-0.3, -0.25) is 9.52 Å². The van der Waals surface area contributed by atoms with Gasteiger partial charge in [-0.05, 0) is 49.7 Å². The summed E-state index contributed by atoms with van der Waals surface area (Å²) in [5, 5.41) is 11.0. The Labute approximate surface area is 187 Å². The summed E-state index contributed by atoms with van der Waals surface area (Å²) in [7, 11) is -3.99. The number of carbonyl (C=O) groups excluding carboxylic acids is 1. The van der Waals surface area contributed by atoms with Gasteiger partial charge in [0, 0.05) is 17.7 Å². The van der Waals surface area contributed by atoms with Crippen molar-refractivity contribution in [2.75, 3.05) is 4.72 Å². The van der Waals surface area contributed by atoms with Crippen molar-refractivity contribution >= 4 is 32.4 Å². The van der Waals surface area contributed by atoms with Gasteiger partial charge in [0.2, 0.25) is 0 Å². The Balaban J connectivity index is 1.65. The summed E-state index contributed by atoms with van der Waals surface area (Å²) in [5.74, 6) is -1.02. The van der Waals surface area contributed by atoms with Crippen LogP contribution in [0.2, 0.25) is 0 Å². The van der Waals surface area contributed by atoms with E-state index in [0.717, 1.165) is 6.20 Å². The maximum atomic E-state index is 14.3. The SMILES string of the molecule is CC(C)(C#N)c1ccc(CNC(=O)c2ccc(S(=O)(=O)Nc3ncc(F)s3)cc2)cc1F. The predicted octanol–water partition coefficient (Wildman–Crippen LogP) is 3.95. The number of nitrogens with zero attached hydrogens (tertiary/aromatic N) is 2. The number of amides is 1. The fraction of sp³-hybridized carbons (Fsp3) is 0.190. The van der Waals surface area contributed by atoms with Crippen molar-refractivity contribution in [3.8, 4) is 6.07 Å². The minimum atomic E-state index is -3.99. The van der Waals surface area contributed by atoms with Crippen molar-refractivity contribution in [1.82, 2.24) is 10.3 Å². The molecule has 1 aromatic heterocycles. The molecule has 3 aromatic rings. The summed E-state index contributed by atoms with van der Waals surface area (Å²) < 4.78 is 54.2. The zero-order valence-corrected chi connectivity index (χ0v) is 18.7. The maximum absolute atomic E-state index is 14.3. The molecule has 0 aliphatic rings. The number of thiazole rings is 1. The van der Waals surface area contributed by atoms with Gasteiger partial charge in [-0.1, -0.05) is 23.5 Å². The average Bonchev–Trinajstić information content (AvgIpc) is 3.15. The predicted molar refractivity (Wildman–Crippen MR) is 116 cm³/mol. The standard InChI is InChI=1S/C21H18F2N4O3S2/c1-21(2,12-24)16-8-3-13(9-17(16)22)10-25-19(28)14-4-6-15(7-5-14)32(29,30)27-20-26-11-18(23)31-20/h3-9,11H,10H2,1-2H3,(H,25,28)(H,26,27). The molecule has 0 atom stereocenters. The Morgan fingerprint density at radius 2 is 1.88 bits per heavy atom. The largest absolute Gasteiger partial charge is 0.348 e. The Kier molecular flexibility index (Phi) is 6.57. The van der Waals surface area contributed by atoms with E-state index in [1.165, 1.54) is 36.4 Å². The van der Waals surface area contributed by atoms with Crippen molar-refractivity contribution in [2.45, 2.75) is 30.7 Å². The maximum Gasteiger partial charge on any atom is 0.263 e. The third-order valence-corrected chi connectivity index (χ3v) is 6.75. The van der Waals surface area contributed by atoms with Crippen LogP contribution >= 0.6 is 11.3 Å². The van der Waals surface area contributed by atoms with Crippen LogP contribution in [0.1, 0.15) is 35.3 Å². The van der Waals surface area contributed by atoms with Crippen LogP contribution in [-0.2, 0) is 22.0 Å². The van der Waals surface area contributed by atoms with Crippen LogP contribution in [0.4, 0.5) is 13.9 Å². The second-order valence-electron chi connectivity index (χ2n) is 7.33. The van der Waals surface area contributed by atoms with Crippen LogP contribution in [0.15, 0.2) is 53.6 Å². The summed E-state index contributed by atoms with van der Waals surface area (Å²) in [4.78, 5) is 15.8. The number of aromatic nitrogens is 1. The molecule has 0 saturated heterocycles. The number of benzene rings is 2. The molecular formula is C21H18F2N4O3S2. The van der Waals surface area contributed by atoms with Gasteiger partial charge in [-0.25, -0.2) is 17.8 Å². The first-order valence-electron chi connectivity index (χ1n) is 9.24. The molecule has 0 spiro atoms. The number of carbonyl (C=O) groups is 1. The third kappa shape index (κ3) is 5.27. The molecule has 0 aliphatic carbocycles. The Hall–Kier alpha value is -3.36. The van der Waals surface area contributed by atoms with E-state index < -0.39 is 32.3 Å². The number of nitrogens with one attached hydrogen (secondary N) is 2. The molecule has 0 bridgehead atoms. The van der Waals surface area contributed by atoms with Gasteiger partial charge in [0.25, 0.3) is 15.9 Å². The molecule has 3 rings (SSSR count). The molecule has 0 aliphatic heterocycles. The normalized spacial score (nSPS) is 11.6. The van der Waals surface area contributed by atoms with Crippen LogP contribution in [0.5, 0.6) is 0 Å². The number of anilines is 1. The molecule has 0 fully saturated rings. The Morgan fingerprint density at radius 3 is 2.44 bits per heavy atom. The van der Waals surface area contributed by atoms with E-state index in [0.29, 0.717) is 16.9 Å². The fourth-order valence-electron chi connectivity index (χ4n) is 2.78. The number of hydrogen-bond acceptors (Lipinski definition) is 6. The zero-order chi connectivity index (χ0) is 23.5. The van der Waals surface area contributed by atoms with E-state index in [1.807, 2.05) is 6.07 Å². The first kappa shape index (κ1) is 23.3. The molecule has 2 aromatic carbocycles. The molecule has 7 nitrogen and oxygen atoms in total. The molecule has 2 N–H and O–H groups in total. The van der Waals surface area contributed by atoms with Crippen molar-refractivity contribution in [3.05, 3.63) is 76.3 Å². The van der Waals surface area contributed by atoms with Crippen LogP contribution in [0.3, 0.4) is 0 Å². The van der Waals surface area contributed by atoms with Gasteiger partial charge in [0.15, 0.2) is 10.3 Å². The zero-order valence-electron chi connectivity index (χ0n) is 17.0. The summed E-state index contributed by atoms with van der Waals surface area (Å²) >= 11 is 0.551. The highest BCUT2D eigenvalue weighted by atomic mass is 32.2. The lowest BCUT2D eigenvalue weighted by Crippen LogP contribution is -2.23. The molecule has 0 unspecified atom stereocenters. The van der Waals surface area contributed by atoms with E-state index in [2.05, 4.69) is 15.0 Å². The van der Waals surface area contributed by atoms with E-state index in [4.69, 9.17) is 5.26 Å². The van der Waals surface area contributed by atoms with E-state index >= 15 is 0 Å². The van der Waals surface area contributed by atoms with Crippen molar-refractivity contribution in [3.63, 3.8) is 0 Å². The topological polar surface area (TPSA) is 112 Å². The van der Waals surface area contributed by atoms with E-state index in [1.54, 1.807) is 19.9 Å². The van der Waals surface area contributed by atoms with Crippen molar-refractivity contribution in [1.29, 1.82) is 5.26 Å². The van der Waals surface area contributed by atoms with E-state index in [9.17, 15) is 22.0 Å². The highest BCUT2D eigenvalue weighted by molar-refractivity contribution is 7.93. The lowest BCUT2D eigenvalue weighted by Gasteiger charge is -2.17. The fourth-order valence-corrected chi connectivity index (χ4v) is 4.57. The van der Waals surface area contributed by atoms with Crippen molar-refractivity contribution < 1.29 is 22.0 Å². The molecule has 166 valence electrons. The molecule has 0 radical (unpaired) electrons. The second kappa shape index (κ2) is 9.02. The summed E-state index contributed by atoms with van der Waals surface area (Å²) in [6, 6.07) is 11.6. The van der Waals surface area contributed by atoms with Crippen LogP contribution in [-0.4, -0.2) is 19.3 Å². The molecule has 0 saturated carbocycles. The lowest BCUT2D eigenvalue weighted by atomic mass is 9.85. The molecular weight excluding hydrogens is 458 g/mol. The van der Waals surface area contributed by atoms with Gasteiger partial charge < -0.3 is 5.32 Å². The van der Waals surface area contributed by atoms with Gasteiger partial charge in [0.05, 0.1) is 22.6 Å². The highest BCUT2D eigenvalue weighted by Crippen LogP contribution is 2.26. The highest BCUT2D eigenvalue weighted by Gasteiger charge is 2.23. The molecule has 32 heavy (non-hydrogen) atoms. The average molecular weight is 477 g/mol. The first-order chi connectivity index (χ1) is 15.0. The van der Waals surface area contributed by atoms with Gasteiger partial charge in [-0.2, -0.15) is 9.65 Å². The monoisotopic (exact) mass is 476 g/mol. The summed E-state index contributed by atoms with van der Waals surface area (Å²) in [6.07, 6.45) is 0.903. The van der Waals surface area contributed by atoms with Gasteiger partial charge >= 0.3 is 0 Å². The minimum Gasteiger partial charge on any atom is -0.348 e. The molecule has 1 heterocycles. The van der Waals surface area contributed by atoms with Gasteiger partial charge in [0.1, 0.15) is 5.82 Å². The van der Waals surface area contributed by atoms with Crippen LogP contribution in [0, 0.1) is 22.3 Å². The summed E-state index contributed by atoms with van der Waals surface area (Å²) in [5.41, 5.74) is -0.00313. The number of sulfonamides is 1. The number of hydrogen-bond donors (Lipinski definition) is 2. The lowest BCUT2D eigenvalue weighted by molar-refractivity contribution is 0.0950. The van der Waals surface area contributed by atoms with Gasteiger partial charge in [-0.15, -0.1) is 0 Å².